The summed E-state index contributed by atoms with van der Waals surface area (Å²) >= 11 is 1.31. The Balaban J connectivity index is 2.52. The van der Waals surface area contributed by atoms with Gasteiger partial charge in [0.05, 0.1) is 7.11 Å². The van der Waals surface area contributed by atoms with Gasteiger partial charge in [0, 0.05) is 38.6 Å². The molecule has 1 aromatic rings. The summed E-state index contributed by atoms with van der Waals surface area (Å²) in [6.07, 6.45) is -5.65. The minimum absolute atomic E-state index is 0.309. The molecule has 192 valence electrons. The van der Waals surface area contributed by atoms with Crippen LogP contribution in [0.5, 0.6) is 0 Å². The quantitative estimate of drug-likeness (QED) is 0.203. The molecule has 0 bridgehead atoms. The minimum atomic E-state index is -1.55. The van der Waals surface area contributed by atoms with Crippen molar-refractivity contribution in [3.63, 3.8) is 0 Å². The summed E-state index contributed by atoms with van der Waals surface area (Å²) in [5, 5.41) is 1.77. The van der Waals surface area contributed by atoms with Crippen molar-refractivity contribution in [2.24, 2.45) is 0 Å². The predicted molar refractivity (Wildman–Crippen MR) is 117 cm³/mol. The molecule has 0 spiro atoms. The molecule has 1 aliphatic rings. The third-order valence-electron chi connectivity index (χ3n) is 4.39. The van der Waals surface area contributed by atoms with Crippen LogP contribution >= 0.6 is 11.3 Å². The Kier molecular flexibility index (Phi) is 10.2. The van der Waals surface area contributed by atoms with Crippen LogP contribution in [0.2, 0.25) is 0 Å². The molecule has 0 aliphatic carbocycles. The second-order valence-electron chi connectivity index (χ2n) is 7.20. The number of carbonyl (C=O) groups is 5. The van der Waals surface area contributed by atoms with Gasteiger partial charge in [-0.2, -0.15) is 0 Å². The van der Waals surface area contributed by atoms with E-state index >= 15 is 0 Å². The highest BCUT2D eigenvalue weighted by Crippen LogP contribution is 2.31. The van der Waals surface area contributed by atoms with Gasteiger partial charge in [0.1, 0.15) is 12.7 Å². The minimum Gasteiger partial charge on any atom is -0.463 e. The van der Waals surface area contributed by atoms with E-state index < -0.39 is 67.2 Å². The molecule has 35 heavy (non-hydrogen) atoms. The second-order valence-corrected chi connectivity index (χ2v) is 8.18. The molecule has 1 saturated heterocycles. The van der Waals surface area contributed by atoms with E-state index in [1.54, 1.807) is 17.5 Å². The average molecular weight is 515 g/mol. The summed E-state index contributed by atoms with van der Waals surface area (Å²) in [4.78, 5) is 60.0. The first-order chi connectivity index (χ1) is 16.5. The Morgan fingerprint density at radius 2 is 1.49 bits per heavy atom. The second kappa shape index (κ2) is 12.9. The van der Waals surface area contributed by atoms with Crippen molar-refractivity contribution >= 4 is 47.3 Å². The molecule has 13 heteroatoms. The molecule has 0 aromatic carbocycles. The van der Waals surface area contributed by atoms with Gasteiger partial charge in [-0.1, -0.05) is 6.07 Å². The number of thiophene rings is 1. The lowest BCUT2D eigenvalue weighted by Gasteiger charge is -2.43. The summed E-state index contributed by atoms with van der Waals surface area (Å²) in [5.41, 5.74) is 0. The van der Waals surface area contributed by atoms with Crippen molar-refractivity contribution < 1.29 is 57.1 Å². The maximum absolute atomic E-state index is 12.4. The number of rotatable bonds is 9. The standard InChI is InChI=1S/C22H26O12S/c1-11(23)29-10-17-18(30-12(2)24)19(31-13(3)25)20(32-14(4)26)22(34-17)33-16(21(27)28-5)9-15-7-6-8-35-15/h6-9,17-20,22H,10H2,1-5H3/t17-,18+,19+,20-,22-/m0/s1. The van der Waals surface area contributed by atoms with Crippen molar-refractivity contribution in [1.29, 1.82) is 0 Å². The number of esters is 5. The van der Waals surface area contributed by atoms with Gasteiger partial charge in [0.2, 0.25) is 18.2 Å². The van der Waals surface area contributed by atoms with E-state index in [4.69, 9.17) is 33.2 Å². The molecule has 0 radical (unpaired) electrons. The largest absolute Gasteiger partial charge is 0.463 e. The van der Waals surface area contributed by atoms with Gasteiger partial charge in [-0.05, 0) is 11.4 Å². The Morgan fingerprint density at radius 3 is 2.00 bits per heavy atom. The van der Waals surface area contributed by atoms with Crippen LogP contribution in [0, 0.1) is 0 Å². The highest BCUT2D eigenvalue weighted by molar-refractivity contribution is 7.10. The van der Waals surface area contributed by atoms with Gasteiger partial charge in [-0.25, -0.2) is 4.79 Å². The van der Waals surface area contributed by atoms with Crippen LogP contribution in [0.1, 0.15) is 32.6 Å². The molecule has 1 aliphatic heterocycles. The topological polar surface area (TPSA) is 150 Å². The molecule has 1 fully saturated rings. The monoisotopic (exact) mass is 514 g/mol. The van der Waals surface area contributed by atoms with Crippen LogP contribution in [0.3, 0.4) is 0 Å². The van der Waals surface area contributed by atoms with E-state index in [0.717, 1.165) is 34.8 Å². The van der Waals surface area contributed by atoms with Crippen LogP contribution in [-0.4, -0.2) is 74.3 Å². The molecule has 2 heterocycles. The zero-order valence-corrected chi connectivity index (χ0v) is 20.5. The fraction of sp³-hybridized carbons (Fsp3) is 0.500. The zero-order valence-electron chi connectivity index (χ0n) is 19.7. The Labute approximate surface area is 205 Å². The van der Waals surface area contributed by atoms with Crippen molar-refractivity contribution in [3.05, 3.63) is 28.1 Å². The lowest BCUT2D eigenvalue weighted by Crippen LogP contribution is -2.63. The molecule has 0 N–H and O–H groups in total. The zero-order chi connectivity index (χ0) is 26.1. The number of methoxy groups -OCH3 is 1. The van der Waals surface area contributed by atoms with Crippen molar-refractivity contribution in [2.45, 2.75) is 58.4 Å². The van der Waals surface area contributed by atoms with E-state index in [0.29, 0.717) is 4.88 Å². The number of hydrogen-bond acceptors (Lipinski definition) is 13. The fourth-order valence-electron chi connectivity index (χ4n) is 3.15. The molecule has 1 aromatic heterocycles. The normalized spacial score (nSPS) is 24.0. The van der Waals surface area contributed by atoms with Gasteiger partial charge in [0.25, 0.3) is 0 Å². The van der Waals surface area contributed by atoms with Crippen molar-refractivity contribution in [2.75, 3.05) is 13.7 Å². The van der Waals surface area contributed by atoms with Gasteiger partial charge in [0.15, 0.2) is 12.2 Å². The SMILES string of the molecule is COC(=O)C(=Cc1cccs1)O[C@H]1O[C@@H](COC(C)=O)[C@@H](OC(C)=O)[C@@H](OC(C)=O)[C@@H]1OC(C)=O. The van der Waals surface area contributed by atoms with Gasteiger partial charge >= 0.3 is 29.8 Å². The van der Waals surface area contributed by atoms with E-state index in [1.165, 1.54) is 17.4 Å². The molecular formula is C22H26O12S. The summed E-state index contributed by atoms with van der Waals surface area (Å²) < 4.78 is 37.3. The van der Waals surface area contributed by atoms with E-state index in [2.05, 4.69) is 0 Å². The molecule has 12 nitrogen and oxygen atoms in total. The van der Waals surface area contributed by atoms with Crippen molar-refractivity contribution in [3.8, 4) is 0 Å². The predicted octanol–water partition coefficient (Wildman–Crippen LogP) is 1.36. The van der Waals surface area contributed by atoms with Crippen LogP contribution in [0.15, 0.2) is 23.3 Å². The maximum Gasteiger partial charge on any atom is 0.373 e. The maximum atomic E-state index is 12.4. The third kappa shape index (κ3) is 8.37. The summed E-state index contributed by atoms with van der Waals surface area (Å²) in [7, 11) is 1.14. The lowest BCUT2D eigenvalue weighted by molar-refractivity contribution is -0.299. The first-order valence-electron chi connectivity index (χ1n) is 10.3. The Bertz CT molecular complexity index is 954. The Morgan fingerprint density at radius 1 is 0.886 bits per heavy atom. The first-order valence-corrected chi connectivity index (χ1v) is 11.2. The van der Waals surface area contributed by atoms with Gasteiger partial charge < -0.3 is 33.2 Å². The molecular weight excluding hydrogens is 488 g/mol. The fourth-order valence-corrected chi connectivity index (χ4v) is 3.80. The van der Waals surface area contributed by atoms with Crippen LogP contribution in [0.4, 0.5) is 0 Å². The highest BCUT2D eigenvalue weighted by atomic mass is 32.1. The highest BCUT2D eigenvalue weighted by Gasteiger charge is 2.53. The third-order valence-corrected chi connectivity index (χ3v) is 5.21. The smallest absolute Gasteiger partial charge is 0.373 e. The van der Waals surface area contributed by atoms with Crippen molar-refractivity contribution in [1.82, 2.24) is 0 Å². The molecule has 0 unspecified atom stereocenters. The van der Waals surface area contributed by atoms with E-state index in [-0.39, 0.29) is 5.76 Å². The van der Waals surface area contributed by atoms with Gasteiger partial charge in [-0.15, -0.1) is 11.3 Å². The van der Waals surface area contributed by atoms with Gasteiger partial charge in [-0.3, -0.25) is 19.2 Å². The molecule has 5 atom stereocenters. The molecule has 2 rings (SSSR count). The Hall–Kier alpha value is -3.45. The number of hydrogen-bond donors (Lipinski definition) is 0. The average Bonchev–Trinajstić information content (AvgIpc) is 3.27. The van der Waals surface area contributed by atoms with Crippen LogP contribution < -0.4 is 0 Å². The van der Waals surface area contributed by atoms with E-state index in [9.17, 15) is 24.0 Å². The molecule has 0 saturated carbocycles. The summed E-state index contributed by atoms with van der Waals surface area (Å²) in [5.74, 6) is -4.20. The van der Waals surface area contributed by atoms with Crippen LogP contribution in [0.25, 0.3) is 6.08 Å². The van der Waals surface area contributed by atoms with E-state index in [1.807, 2.05) is 0 Å². The lowest BCUT2D eigenvalue weighted by atomic mass is 9.98. The van der Waals surface area contributed by atoms with Crippen LogP contribution in [-0.2, 0) is 57.1 Å². The number of ether oxygens (including phenoxy) is 7. The number of carbonyl (C=O) groups excluding carboxylic acids is 5. The summed E-state index contributed by atoms with van der Waals surface area (Å²) in [6, 6.07) is 3.46. The first kappa shape index (κ1) is 27.8. The molecule has 0 amide bonds. The summed E-state index contributed by atoms with van der Waals surface area (Å²) in [6.45, 7) is 4.02.